The Balaban J connectivity index is 3.10. The summed E-state index contributed by atoms with van der Waals surface area (Å²) in [4.78, 5) is 20.5. The van der Waals surface area contributed by atoms with Crippen LogP contribution in [0.4, 0.5) is 0 Å². The number of nitrogens with two attached hydrogens (primary N) is 1. The maximum absolute atomic E-state index is 10.4. The smallest absolute Gasteiger partial charge is 0.216 e. The maximum atomic E-state index is 10.4. The van der Waals surface area contributed by atoms with E-state index in [1.807, 2.05) is 0 Å². The SMILES string of the molecule is CC(=O)NCCCCC(N)C=O. The van der Waals surface area contributed by atoms with Crippen LogP contribution in [0.2, 0.25) is 0 Å². The van der Waals surface area contributed by atoms with Crippen LogP contribution in [-0.2, 0) is 9.59 Å². The highest BCUT2D eigenvalue weighted by Crippen LogP contribution is 1.95. The Bertz CT molecular complexity index is 148. The second kappa shape index (κ2) is 6.79. The van der Waals surface area contributed by atoms with Crippen LogP contribution in [-0.4, -0.2) is 24.8 Å². The van der Waals surface area contributed by atoms with Crippen molar-refractivity contribution in [2.45, 2.75) is 32.2 Å². The summed E-state index contributed by atoms with van der Waals surface area (Å²) in [5.74, 6) is -0.0188. The fourth-order valence-corrected chi connectivity index (χ4v) is 0.838. The van der Waals surface area contributed by atoms with Gasteiger partial charge in [-0.3, -0.25) is 4.79 Å². The predicted octanol–water partition coefficient (Wildman–Crippen LogP) is -0.181. The summed E-state index contributed by atoms with van der Waals surface area (Å²) in [6, 6.07) is -0.345. The van der Waals surface area contributed by atoms with Gasteiger partial charge in [0.05, 0.1) is 6.04 Å². The zero-order chi connectivity index (χ0) is 9.40. The predicted molar refractivity (Wildman–Crippen MR) is 46.6 cm³/mol. The number of rotatable bonds is 6. The highest BCUT2D eigenvalue weighted by atomic mass is 16.1. The fraction of sp³-hybridized carbons (Fsp3) is 0.750. The van der Waals surface area contributed by atoms with Crippen LogP contribution in [0.5, 0.6) is 0 Å². The number of carbonyl (C=O) groups excluding carboxylic acids is 2. The van der Waals surface area contributed by atoms with Gasteiger partial charge in [0.25, 0.3) is 0 Å². The van der Waals surface area contributed by atoms with Gasteiger partial charge in [0.15, 0.2) is 0 Å². The average Bonchev–Trinajstić information content (AvgIpc) is 2.03. The third kappa shape index (κ3) is 7.21. The molecule has 4 nitrogen and oxygen atoms in total. The molecule has 0 saturated heterocycles. The molecule has 12 heavy (non-hydrogen) atoms. The van der Waals surface area contributed by atoms with Gasteiger partial charge in [0.2, 0.25) is 5.91 Å². The number of carbonyl (C=O) groups is 2. The van der Waals surface area contributed by atoms with Crippen molar-refractivity contribution in [1.82, 2.24) is 5.32 Å². The number of hydrogen-bond donors (Lipinski definition) is 2. The highest BCUT2D eigenvalue weighted by Gasteiger charge is 1.98. The van der Waals surface area contributed by atoms with E-state index in [0.29, 0.717) is 13.0 Å². The van der Waals surface area contributed by atoms with Crippen LogP contribution >= 0.6 is 0 Å². The van der Waals surface area contributed by atoms with Crippen LogP contribution in [0, 0.1) is 0 Å². The third-order valence-electron chi connectivity index (χ3n) is 1.51. The molecule has 4 heteroatoms. The number of nitrogens with one attached hydrogen (secondary N) is 1. The van der Waals surface area contributed by atoms with Gasteiger partial charge in [-0.05, 0) is 19.3 Å². The second-order valence-corrected chi connectivity index (χ2v) is 2.78. The molecule has 1 atom stereocenters. The lowest BCUT2D eigenvalue weighted by atomic mass is 10.1. The van der Waals surface area contributed by atoms with Crippen molar-refractivity contribution in [2.24, 2.45) is 5.73 Å². The lowest BCUT2D eigenvalue weighted by molar-refractivity contribution is -0.119. The lowest BCUT2D eigenvalue weighted by Gasteiger charge is -2.03. The first-order valence-corrected chi connectivity index (χ1v) is 4.12. The van der Waals surface area contributed by atoms with Gasteiger partial charge in [-0.1, -0.05) is 0 Å². The van der Waals surface area contributed by atoms with E-state index in [0.717, 1.165) is 19.1 Å². The van der Waals surface area contributed by atoms with Gasteiger partial charge in [-0.25, -0.2) is 0 Å². The van der Waals surface area contributed by atoms with E-state index in [1.54, 1.807) is 0 Å². The van der Waals surface area contributed by atoms with Crippen molar-refractivity contribution in [1.29, 1.82) is 0 Å². The Labute approximate surface area is 72.5 Å². The summed E-state index contributed by atoms with van der Waals surface area (Å²) in [6.07, 6.45) is 3.20. The molecule has 1 unspecified atom stereocenters. The molecule has 0 aromatic carbocycles. The molecule has 70 valence electrons. The Morgan fingerprint density at radius 2 is 2.25 bits per heavy atom. The average molecular weight is 172 g/mol. The van der Waals surface area contributed by atoms with Gasteiger partial charge < -0.3 is 15.8 Å². The molecule has 0 fully saturated rings. The van der Waals surface area contributed by atoms with Crippen LogP contribution in [0.15, 0.2) is 0 Å². The van der Waals surface area contributed by atoms with Gasteiger partial charge in [0.1, 0.15) is 6.29 Å². The molecule has 0 saturated carbocycles. The molecular weight excluding hydrogens is 156 g/mol. The monoisotopic (exact) mass is 172 g/mol. The van der Waals surface area contributed by atoms with E-state index < -0.39 is 0 Å². The van der Waals surface area contributed by atoms with Crippen molar-refractivity contribution < 1.29 is 9.59 Å². The first-order valence-electron chi connectivity index (χ1n) is 4.12. The van der Waals surface area contributed by atoms with Crippen molar-refractivity contribution in [3.63, 3.8) is 0 Å². The minimum atomic E-state index is -0.345. The largest absolute Gasteiger partial charge is 0.356 e. The quantitative estimate of drug-likeness (QED) is 0.431. The summed E-state index contributed by atoms with van der Waals surface area (Å²) < 4.78 is 0. The molecule has 0 aromatic rings. The van der Waals surface area contributed by atoms with E-state index >= 15 is 0 Å². The summed E-state index contributed by atoms with van der Waals surface area (Å²) in [5.41, 5.74) is 5.36. The maximum Gasteiger partial charge on any atom is 0.216 e. The van der Waals surface area contributed by atoms with Crippen molar-refractivity contribution in [3.05, 3.63) is 0 Å². The van der Waals surface area contributed by atoms with E-state index in [2.05, 4.69) is 5.32 Å². The first-order chi connectivity index (χ1) is 5.66. The van der Waals surface area contributed by atoms with Gasteiger partial charge in [0, 0.05) is 13.5 Å². The van der Waals surface area contributed by atoms with Crippen LogP contribution in [0.3, 0.4) is 0 Å². The molecule has 0 bridgehead atoms. The second-order valence-electron chi connectivity index (χ2n) is 2.78. The third-order valence-corrected chi connectivity index (χ3v) is 1.51. The van der Waals surface area contributed by atoms with E-state index in [9.17, 15) is 9.59 Å². The Morgan fingerprint density at radius 1 is 1.58 bits per heavy atom. The molecule has 0 spiro atoms. The van der Waals surface area contributed by atoms with Gasteiger partial charge in [-0.2, -0.15) is 0 Å². The Morgan fingerprint density at radius 3 is 2.75 bits per heavy atom. The van der Waals surface area contributed by atoms with Gasteiger partial charge in [-0.15, -0.1) is 0 Å². The standard InChI is InChI=1S/C8H16N2O2/c1-7(12)10-5-3-2-4-8(9)6-11/h6,8H,2-5,9H2,1H3,(H,10,12). The van der Waals surface area contributed by atoms with E-state index in [4.69, 9.17) is 5.73 Å². The molecule has 0 aliphatic rings. The summed E-state index contributed by atoms with van der Waals surface area (Å²) in [5, 5.41) is 2.67. The van der Waals surface area contributed by atoms with E-state index in [1.165, 1.54) is 6.92 Å². The number of amides is 1. The van der Waals surface area contributed by atoms with E-state index in [-0.39, 0.29) is 11.9 Å². The first kappa shape index (κ1) is 11.1. The highest BCUT2D eigenvalue weighted by molar-refractivity contribution is 5.72. The summed E-state index contributed by atoms with van der Waals surface area (Å²) in [7, 11) is 0. The minimum Gasteiger partial charge on any atom is -0.356 e. The molecular formula is C8H16N2O2. The number of hydrogen-bond acceptors (Lipinski definition) is 3. The topological polar surface area (TPSA) is 72.2 Å². The molecule has 0 radical (unpaired) electrons. The normalized spacial score (nSPS) is 12.2. The van der Waals surface area contributed by atoms with Crippen molar-refractivity contribution in [2.75, 3.05) is 6.54 Å². The Hall–Kier alpha value is -0.900. The van der Waals surface area contributed by atoms with Gasteiger partial charge >= 0.3 is 0 Å². The summed E-state index contributed by atoms with van der Waals surface area (Å²) >= 11 is 0. The van der Waals surface area contributed by atoms with Crippen LogP contribution in [0.25, 0.3) is 0 Å². The molecule has 3 N–H and O–H groups in total. The van der Waals surface area contributed by atoms with Crippen LogP contribution in [0.1, 0.15) is 26.2 Å². The Kier molecular flexibility index (Phi) is 6.28. The molecule has 0 aliphatic carbocycles. The molecule has 0 heterocycles. The minimum absolute atomic E-state index is 0.0188. The number of aldehydes is 1. The fourth-order valence-electron chi connectivity index (χ4n) is 0.838. The van der Waals surface area contributed by atoms with Crippen molar-refractivity contribution >= 4 is 12.2 Å². The number of unbranched alkanes of at least 4 members (excludes halogenated alkanes) is 1. The zero-order valence-corrected chi connectivity index (χ0v) is 7.38. The lowest BCUT2D eigenvalue weighted by Crippen LogP contribution is -2.23. The van der Waals surface area contributed by atoms with Crippen LogP contribution < -0.4 is 11.1 Å². The molecule has 0 aromatic heterocycles. The molecule has 0 rings (SSSR count). The molecule has 1 amide bonds. The summed E-state index contributed by atoms with van der Waals surface area (Å²) in [6.45, 7) is 2.15. The molecule has 0 aliphatic heterocycles. The van der Waals surface area contributed by atoms with Crippen molar-refractivity contribution in [3.8, 4) is 0 Å². The zero-order valence-electron chi connectivity index (χ0n) is 7.38.